The Bertz CT molecular complexity index is 884. The second-order valence-electron chi connectivity index (χ2n) is 6.44. The first-order valence-electron chi connectivity index (χ1n) is 8.68. The third-order valence-corrected chi connectivity index (χ3v) is 4.59. The first kappa shape index (κ1) is 19.6. The highest BCUT2D eigenvalue weighted by molar-refractivity contribution is 5.99. The van der Waals surface area contributed by atoms with Crippen LogP contribution in [0.4, 0.5) is 14.5 Å². The van der Waals surface area contributed by atoms with Crippen LogP contribution >= 0.6 is 0 Å². The van der Waals surface area contributed by atoms with Crippen LogP contribution in [0.3, 0.4) is 0 Å². The standard InChI is InChI=1S/C20H20F2N2O4/c1-27-16-7-6-11(8-17(16)28-2)10-23-19(25)12-9-13(12)20(26)24-18-14(21)4-3-5-15(18)22/h3-8,12-13H,9-10H2,1-2H3,(H,23,25)(H,24,26). The number of carbonyl (C=O) groups excluding carboxylic acids is 2. The summed E-state index contributed by atoms with van der Waals surface area (Å²) in [5.74, 6) is -2.58. The Kier molecular flexibility index (Phi) is 5.77. The maximum absolute atomic E-state index is 13.6. The Morgan fingerprint density at radius 3 is 2.29 bits per heavy atom. The lowest BCUT2D eigenvalue weighted by molar-refractivity contribution is -0.125. The quantitative estimate of drug-likeness (QED) is 0.762. The van der Waals surface area contributed by atoms with Crippen molar-refractivity contribution in [3.63, 3.8) is 0 Å². The molecule has 2 atom stereocenters. The van der Waals surface area contributed by atoms with Gasteiger partial charge in [0.05, 0.1) is 26.1 Å². The molecule has 148 valence electrons. The molecule has 28 heavy (non-hydrogen) atoms. The molecule has 2 unspecified atom stereocenters. The van der Waals surface area contributed by atoms with Gasteiger partial charge in [-0.05, 0) is 36.2 Å². The van der Waals surface area contributed by atoms with Gasteiger partial charge in [0.25, 0.3) is 0 Å². The Labute approximate surface area is 160 Å². The first-order valence-corrected chi connectivity index (χ1v) is 8.68. The fourth-order valence-corrected chi connectivity index (χ4v) is 2.92. The summed E-state index contributed by atoms with van der Waals surface area (Å²) in [6.45, 7) is 0.256. The van der Waals surface area contributed by atoms with Gasteiger partial charge in [0.1, 0.15) is 17.3 Å². The van der Waals surface area contributed by atoms with Crippen LogP contribution in [-0.4, -0.2) is 26.0 Å². The third kappa shape index (κ3) is 4.21. The van der Waals surface area contributed by atoms with Crippen molar-refractivity contribution in [2.45, 2.75) is 13.0 Å². The minimum atomic E-state index is -0.858. The highest BCUT2D eigenvalue weighted by atomic mass is 19.1. The topological polar surface area (TPSA) is 76.7 Å². The molecule has 2 aromatic carbocycles. The van der Waals surface area contributed by atoms with Crippen molar-refractivity contribution in [3.05, 3.63) is 53.6 Å². The van der Waals surface area contributed by atoms with E-state index in [1.165, 1.54) is 20.3 Å². The normalized spacial score (nSPS) is 17.6. The zero-order valence-electron chi connectivity index (χ0n) is 15.4. The predicted molar refractivity (Wildman–Crippen MR) is 98.0 cm³/mol. The monoisotopic (exact) mass is 390 g/mol. The number of anilines is 1. The fraction of sp³-hybridized carbons (Fsp3) is 0.300. The fourth-order valence-electron chi connectivity index (χ4n) is 2.92. The van der Waals surface area contributed by atoms with Crippen molar-refractivity contribution in [1.82, 2.24) is 5.32 Å². The van der Waals surface area contributed by atoms with Gasteiger partial charge in [0.2, 0.25) is 11.8 Å². The highest BCUT2D eigenvalue weighted by Crippen LogP contribution is 2.40. The molecule has 0 spiro atoms. The van der Waals surface area contributed by atoms with Crippen molar-refractivity contribution < 1.29 is 27.8 Å². The van der Waals surface area contributed by atoms with Gasteiger partial charge in [-0.2, -0.15) is 0 Å². The number of amides is 2. The number of benzene rings is 2. The number of ether oxygens (including phenoxy) is 2. The Hall–Kier alpha value is -3.16. The zero-order valence-corrected chi connectivity index (χ0v) is 15.4. The van der Waals surface area contributed by atoms with E-state index in [0.29, 0.717) is 17.9 Å². The maximum Gasteiger partial charge on any atom is 0.228 e. The molecule has 6 nitrogen and oxygen atoms in total. The molecule has 2 amide bonds. The number of rotatable bonds is 7. The van der Waals surface area contributed by atoms with E-state index in [1.807, 2.05) is 0 Å². The van der Waals surface area contributed by atoms with E-state index < -0.39 is 35.1 Å². The average molecular weight is 390 g/mol. The number of hydrogen-bond acceptors (Lipinski definition) is 4. The van der Waals surface area contributed by atoms with Crippen LogP contribution in [0.25, 0.3) is 0 Å². The first-order chi connectivity index (χ1) is 13.4. The lowest BCUT2D eigenvalue weighted by Crippen LogP contribution is -2.27. The van der Waals surface area contributed by atoms with Crippen LogP contribution < -0.4 is 20.1 Å². The lowest BCUT2D eigenvalue weighted by atomic mass is 10.2. The number of carbonyl (C=O) groups is 2. The van der Waals surface area contributed by atoms with Crippen LogP contribution in [-0.2, 0) is 16.1 Å². The zero-order chi connectivity index (χ0) is 20.3. The SMILES string of the molecule is COc1ccc(CNC(=O)C2CC2C(=O)Nc2c(F)cccc2F)cc1OC. The molecule has 0 radical (unpaired) electrons. The van der Waals surface area contributed by atoms with Crippen LogP contribution in [0.1, 0.15) is 12.0 Å². The van der Waals surface area contributed by atoms with E-state index in [-0.39, 0.29) is 12.5 Å². The predicted octanol–water partition coefficient (Wildman–Crippen LogP) is 2.87. The van der Waals surface area contributed by atoms with Crippen molar-refractivity contribution in [1.29, 1.82) is 0 Å². The summed E-state index contributed by atoms with van der Waals surface area (Å²) in [6.07, 6.45) is 0.333. The highest BCUT2D eigenvalue weighted by Gasteiger charge is 2.48. The molecule has 0 aromatic heterocycles. The molecule has 1 aliphatic rings. The smallest absolute Gasteiger partial charge is 0.228 e. The average Bonchev–Trinajstić information content (AvgIpc) is 3.49. The maximum atomic E-state index is 13.6. The Balaban J connectivity index is 1.54. The van der Waals surface area contributed by atoms with Crippen molar-refractivity contribution in [2.75, 3.05) is 19.5 Å². The van der Waals surface area contributed by atoms with E-state index >= 15 is 0 Å². The molecule has 8 heteroatoms. The molecule has 2 N–H and O–H groups in total. The van der Waals surface area contributed by atoms with E-state index in [2.05, 4.69) is 10.6 Å². The summed E-state index contributed by atoms with van der Waals surface area (Å²) in [5.41, 5.74) is 0.310. The van der Waals surface area contributed by atoms with Crippen molar-refractivity contribution in [2.24, 2.45) is 11.8 Å². The molecule has 0 aliphatic heterocycles. The molecule has 0 saturated heterocycles. The molecular formula is C20H20F2N2O4. The van der Waals surface area contributed by atoms with Gasteiger partial charge in [0.15, 0.2) is 11.5 Å². The summed E-state index contributed by atoms with van der Waals surface area (Å²) in [7, 11) is 3.05. The summed E-state index contributed by atoms with van der Waals surface area (Å²) in [6, 6.07) is 8.59. The largest absolute Gasteiger partial charge is 0.493 e. The second kappa shape index (κ2) is 8.24. The summed E-state index contributed by atoms with van der Waals surface area (Å²) < 4.78 is 37.6. The Morgan fingerprint density at radius 2 is 1.64 bits per heavy atom. The second-order valence-corrected chi connectivity index (χ2v) is 6.44. The molecular weight excluding hydrogens is 370 g/mol. The minimum Gasteiger partial charge on any atom is -0.493 e. The number of nitrogens with one attached hydrogen (secondary N) is 2. The van der Waals surface area contributed by atoms with Gasteiger partial charge >= 0.3 is 0 Å². The van der Waals surface area contributed by atoms with Crippen molar-refractivity contribution >= 4 is 17.5 Å². The number of para-hydroxylation sites is 1. The van der Waals surface area contributed by atoms with Crippen LogP contribution in [0, 0.1) is 23.5 Å². The molecule has 1 saturated carbocycles. The van der Waals surface area contributed by atoms with Gasteiger partial charge in [0, 0.05) is 6.54 Å². The van der Waals surface area contributed by atoms with Gasteiger partial charge < -0.3 is 20.1 Å². The molecule has 0 bridgehead atoms. The van der Waals surface area contributed by atoms with E-state index in [1.54, 1.807) is 18.2 Å². The molecule has 0 heterocycles. The molecule has 1 aliphatic carbocycles. The third-order valence-electron chi connectivity index (χ3n) is 4.59. The van der Waals surface area contributed by atoms with Gasteiger partial charge in [-0.1, -0.05) is 12.1 Å². The number of halogens is 2. The van der Waals surface area contributed by atoms with Crippen LogP contribution in [0.2, 0.25) is 0 Å². The van der Waals surface area contributed by atoms with E-state index in [0.717, 1.165) is 17.7 Å². The summed E-state index contributed by atoms with van der Waals surface area (Å²) in [4.78, 5) is 24.4. The van der Waals surface area contributed by atoms with Crippen LogP contribution in [0.5, 0.6) is 11.5 Å². The van der Waals surface area contributed by atoms with Crippen LogP contribution in [0.15, 0.2) is 36.4 Å². The van der Waals surface area contributed by atoms with Gasteiger partial charge in [-0.3, -0.25) is 9.59 Å². The van der Waals surface area contributed by atoms with Gasteiger partial charge in [-0.15, -0.1) is 0 Å². The van der Waals surface area contributed by atoms with Crippen molar-refractivity contribution in [3.8, 4) is 11.5 Å². The van der Waals surface area contributed by atoms with Gasteiger partial charge in [-0.25, -0.2) is 8.78 Å². The Morgan fingerprint density at radius 1 is 1.00 bits per heavy atom. The lowest BCUT2D eigenvalue weighted by Gasteiger charge is -2.10. The summed E-state index contributed by atoms with van der Waals surface area (Å²) in [5, 5.41) is 4.99. The van der Waals surface area contributed by atoms with E-state index in [4.69, 9.17) is 9.47 Å². The van der Waals surface area contributed by atoms with E-state index in [9.17, 15) is 18.4 Å². The molecule has 1 fully saturated rings. The molecule has 2 aromatic rings. The summed E-state index contributed by atoms with van der Waals surface area (Å²) >= 11 is 0. The minimum absolute atomic E-state index is 0.256. The number of methoxy groups -OCH3 is 2. The molecule has 3 rings (SSSR count). The number of hydrogen-bond donors (Lipinski definition) is 2.